The highest BCUT2D eigenvalue weighted by atomic mass is 19.1. The van der Waals surface area contributed by atoms with E-state index in [-0.39, 0.29) is 12.5 Å². The summed E-state index contributed by atoms with van der Waals surface area (Å²) in [6.45, 7) is 6.31. The molecule has 0 saturated heterocycles. The smallest absolute Gasteiger partial charge is 0.408 e. The minimum Gasteiger partial charge on any atom is -0.444 e. The Morgan fingerprint density at radius 2 is 2.00 bits per heavy atom. The predicted octanol–water partition coefficient (Wildman–Crippen LogP) is 5.83. The van der Waals surface area contributed by atoms with Gasteiger partial charge in [-0.25, -0.2) is 24.1 Å². The number of fused-ring (bicyclic) bond motifs is 3. The number of benzene rings is 1. The molecule has 49 heavy (non-hydrogen) atoms. The van der Waals surface area contributed by atoms with Gasteiger partial charge in [0.05, 0.1) is 41.0 Å². The van der Waals surface area contributed by atoms with Gasteiger partial charge >= 0.3 is 6.09 Å². The predicted molar refractivity (Wildman–Crippen MR) is 181 cm³/mol. The summed E-state index contributed by atoms with van der Waals surface area (Å²) >= 11 is 0. The van der Waals surface area contributed by atoms with Crippen molar-refractivity contribution in [2.75, 3.05) is 19.8 Å². The Morgan fingerprint density at radius 3 is 2.71 bits per heavy atom. The van der Waals surface area contributed by atoms with E-state index in [1.807, 2.05) is 11.6 Å². The van der Waals surface area contributed by atoms with Gasteiger partial charge in [0, 0.05) is 45.0 Å². The molecule has 11 nitrogen and oxygen atoms in total. The van der Waals surface area contributed by atoms with Gasteiger partial charge in [-0.15, -0.1) is 0 Å². The third kappa shape index (κ3) is 6.88. The Morgan fingerprint density at radius 1 is 1.18 bits per heavy atom. The number of hydrogen-bond acceptors (Lipinski definition) is 6. The number of nitrogens with one attached hydrogen (secondary N) is 1. The molecule has 1 atom stereocenters. The van der Waals surface area contributed by atoms with Gasteiger partial charge in [-0.2, -0.15) is 4.39 Å². The number of nitrogens with zero attached hydrogens (tertiary/aromatic N) is 7. The molecule has 7 rings (SSSR count). The van der Waals surface area contributed by atoms with E-state index >= 15 is 0 Å². The van der Waals surface area contributed by atoms with Crippen LogP contribution < -0.4 is 5.32 Å². The zero-order valence-electron chi connectivity index (χ0n) is 28.4. The van der Waals surface area contributed by atoms with Crippen molar-refractivity contribution in [1.82, 2.24) is 38.9 Å². The van der Waals surface area contributed by atoms with Gasteiger partial charge in [0.15, 0.2) is 11.5 Å². The first-order valence-electron chi connectivity index (χ1n) is 17.0. The summed E-state index contributed by atoms with van der Waals surface area (Å²) in [5.41, 5.74) is 5.12. The number of para-hydroxylation sites is 1. The molecule has 1 N–H and O–H groups in total. The number of imidazole rings is 2. The number of aryl methyl sites for hydroxylation is 3. The van der Waals surface area contributed by atoms with Gasteiger partial charge in [-0.1, -0.05) is 18.2 Å². The average molecular weight is 673 g/mol. The van der Waals surface area contributed by atoms with Crippen molar-refractivity contribution < 1.29 is 23.1 Å². The van der Waals surface area contributed by atoms with Crippen molar-refractivity contribution in [2.24, 2.45) is 13.0 Å². The number of amides is 2. The quantitative estimate of drug-likeness (QED) is 0.189. The standard InChI is InChI=1S/C36H42F2N8O3/c1-36(2,3)49-35(48)40-25(17-37)19-45-14-12-27-26(34(45)47)16-28-32(41-27)43(4)33(42-28)29-15-24-8-5-7-23(31(24)46(29)18-22-10-11-22)9-6-13-44-20-30(38)39-21-44/h5,7-8,15-16,20-22,25H,6,9-14,17-19H2,1-4H3,(H,40,48)/t25-/m1/s1. The molecule has 1 aliphatic heterocycles. The number of hydrogen-bond donors (Lipinski definition) is 1. The van der Waals surface area contributed by atoms with Gasteiger partial charge in [0.25, 0.3) is 5.91 Å². The second-order valence-electron chi connectivity index (χ2n) is 14.3. The first-order chi connectivity index (χ1) is 23.5. The summed E-state index contributed by atoms with van der Waals surface area (Å²) in [5, 5.41) is 3.68. The number of aromatic nitrogens is 6. The zero-order chi connectivity index (χ0) is 34.4. The van der Waals surface area contributed by atoms with Crippen molar-refractivity contribution in [1.29, 1.82) is 0 Å². The van der Waals surface area contributed by atoms with E-state index in [1.54, 1.807) is 36.3 Å². The summed E-state index contributed by atoms with van der Waals surface area (Å²) in [6, 6.07) is 9.47. The van der Waals surface area contributed by atoms with E-state index in [1.165, 1.54) is 36.4 Å². The summed E-state index contributed by atoms with van der Waals surface area (Å²) in [6.07, 6.45) is 6.78. The number of pyridine rings is 1. The van der Waals surface area contributed by atoms with E-state index < -0.39 is 30.4 Å². The van der Waals surface area contributed by atoms with Crippen LogP contribution in [0.25, 0.3) is 33.6 Å². The molecular formula is C36H42F2N8O3. The number of alkyl carbamates (subject to hydrolysis) is 1. The number of ether oxygens (including phenoxy) is 1. The molecule has 0 radical (unpaired) electrons. The molecule has 4 aromatic heterocycles. The van der Waals surface area contributed by atoms with Crippen LogP contribution in [0.5, 0.6) is 0 Å². The van der Waals surface area contributed by atoms with Crippen LogP contribution in [0.2, 0.25) is 0 Å². The fourth-order valence-corrected chi connectivity index (χ4v) is 6.76. The molecule has 0 unspecified atom stereocenters. The van der Waals surface area contributed by atoms with Crippen molar-refractivity contribution in [2.45, 2.75) is 77.6 Å². The van der Waals surface area contributed by atoms with Gasteiger partial charge in [-0.05, 0) is 70.1 Å². The lowest BCUT2D eigenvalue weighted by molar-refractivity contribution is 0.0465. The highest BCUT2D eigenvalue weighted by Gasteiger charge is 2.31. The number of carbonyl (C=O) groups excluding carboxylic acids is 2. The first kappa shape index (κ1) is 32.7. The minimum atomic E-state index is -0.898. The molecule has 2 amide bonds. The first-order valence-corrected chi connectivity index (χ1v) is 17.0. The molecule has 1 saturated carbocycles. The molecule has 0 spiro atoms. The van der Waals surface area contributed by atoms with Crippen LogP contribution in [-0.2, 0) is 37.7 Å². The Balaban J connectivity index is 1.17. The van der Waals surface area contributed by atoms with Gasteiger partial charge < -0.3 is 28.7 Å². The number of halogens is 2. The third-order valence-corrected chi connectivity index (χ3v) is 9.24. The van der Waals surface area contributed by atoms with Crippen LogP contribution >= 0.6 is 0 Å². The van der Waals surface area contributed by atoms with Crippen LogP contribution in [0.1, 0.15) is 61.6 Å². The fraction of sp³-hybridized carbons (Fsp3) is 0.472. The number of rotatable bonds is 11. The van der Waals surface area contributed by atoms with Crippen LogP contribution in [0, 0.1) is 11.9 Å². The van der Waals surface area contributed by atoms with Crippen molar-refractivity contribution in [3.63, 3.8) is 0 Å². The van der Waals surface area contributed by atoms with Crippen molar-refractivity contribution in [3.8, 4) is 11.5 Å². The SMILES string of the molecule is Cn1c(-c2cc3cccc(CCCn4cnc(F)c4)c3n2CC2CC2)nc2cc3c(nc21)CCN(C[C@@H](CF)NC(=O)OC(C)(C)C)C3=O. The molecule has 13 heteroatoms. The molecule has 0 bridgehead atoms. The third-order valence-electron chi connectivity index (χ3n) is 9.24. The van der Waals surface area contributed by atoms with E-state index in [0.717, 1.165) is 36.3 Å². The largest absolute Gasteiger partial charge is 0.444 e. The fourth-order valence-electron chi connectivity index (χ4n) is 6.76. The van der Waals surface area contributed by atoms with E-state index in [2.05, 4.69) is 39.1 Å². The monoisotopic (exact) mass is 672 g/mol. The van der Waals surface area contributed by atoms with Crippen molar-refractivity contribution >= 4 is 34.1 Å². The summed E-state index contributed by atoms with van der Waals surface area (Å²) in [5.74, 6) is 0.642. The lowest BCUT2D eigenvalue weighted by Gasteiger charge is -2.31. The van der Waals surface area contributed by atoms with Crippen LogP contribution in [0.3, 0.4) is 0 Å². The van der Waals surface area contributed by atoms with Crippen LogP contribution in [-0.4, -0.2) is 77.0 Å². The molecule has 1 aromatic carbocycles. The molecule has 5 heterocycles. The Labute approximate surface area is 283 Å². The normalized spacial score (nSPS) is 15.6. The highest BCUT2D eigenvalue weighted by molar-refractivity contribution is 5.99. The second-order valence-corrected chi connectivity index (χ2v) is 14.3. The maximum absolute atomic E-state index is 13.9. The second kappa shape index (κ2) is 12.9. The van der Waals surface area contributed by atoms with E-state index in [4.69, 9.17) is 14.7 Å². The molecule has 1 aliphatic carbocycles. The Bertz CT molecular complexity index is 2040. The summed E-state index contributed by atoms with van der Waals surface area (Å²) in [7, 11) is 1.96. The molecule has 258 valence electrons. The van der Waals surface area contributed by atoms with E-state index in [9.17, 15) is 18.4 Å². The summed E-state index contributed by atoms with van der Waals surface area (Å²) in [4.78, 5) is 41.2. The summed E-state index contributed by atoms with van der Waals surface area (Å²) < 4.78 is 38.8. The van der Waals surface area contributed by atoms with Crippen molar-refractivity contribution in [3.05, 3.63) is 65.6 Å². The molecule has 2 aliphatic rings. The molecule has 1 fully saturated rings. The maximum atomic E-state index is 13.9. The molecule has 5 aromatic rings. The maximum Gasteiger partial charge on any atom is 0.408 e. The lowest BCUT2D eigenvalue weighted by atomic mass is 10.0. The van der Waals surface area contributed by atoms with Crippen LogP contribution in [0.15, 0.2) is 42.9 Å². The van der Waals surface area contributed by atoms with Gasteiger partial charge in [-0.3, -0.25) is 4.79 Å². The van der Waals surface area contributed by atoms with Gasteiger partial charge in [0.1, 0.15) is 17.8 Å². The number of alkyl halides is 1. The highest BCUT2D eigenvalue weighted by Crippen LogP contribution is 2.38. The Hall–Kier alpha value is -4.81. The van der Waals surface area contributed by atoms with Gasteiger partial charge in [0.2, 0.25) is 5.95 Å². The Kier molecular flexibility index (Phi) is 8.62. The molecular weight excluding hydrogens is 630 g/mol. The zero-order valence-corrected chi connectivity index (χ0v) is 28.4. The van der Waals surface area contributed by atoms with Crippen LogP contribution in [0.4, 0.5) is 13.6 Å². The average Bonchev–Trinajstić information content (AvgIpc) is 3.53. The number of carbonyl (C=O) groups is 2. The van der Waals surface area contributed by atoms with E-state index in [0.29, 0.717) is 47.8 Å². The lowest BCUT2D eigenvalue weighted by Crippen LogP contribution is -2.50. The topological polar surface area (TPSA) is 112 Å². The minimum absolute atomic E-state index is 0.0162.